The molecule has 4 rings (SSSR count). The molecule has 2 aromatic carbocycles. The van der Waals surface area contributed by atoms with Gasteiger partial charge in [0, 0.05) is 37.2 Å². The number of β-amino-alcohol motifs (C(OH)–C–C–N with tert-alkyl or cyclic N) is 1. The lowest BCUT2D eigenvalue weighted by atomic mass is 9.83. The van der Waals surface area contributed by atoms with Crippen LogP contribution in [0.1, 0.15) is 52.2 Å². The molecule has 2 fully saturated rings. The zero-order valence-electron chi connectivity index (χ0n) is 19.1. The summed E-state index contributed by atoms with van der Waals surface area (Å²) in [5.41, 5.74) is -3.10. The van der Waals surface area contributed by atoms with E-state index in [1.807, 2.05) is 0 Å². The van der Waals surface area contributed by atoms with Gasteiger partial charge in [0.15, 0.2) is 0 Å². The number of carbonyl (C=O) groups is 1. The fourth-order valence-corrected chi connectivity index (χ4v) is 5.14. The summed E-state index contributed by atoms with van der Waals surface area (Å²) in [5, 5.41) is 10.1. The lowest BCUT2D eigenvalue weighted by Crippen LogP contribution is -2.54. The van der Waals surface area contributed by atoms with Crippen LogP contribution in [0.25, 0.3) is 0 Å². The van der Waals surface area contributed by atoms with Crippen LogP contribution in [-0.2, 0) is 12.4 Å². The molecular formula is C25H25F7N2O2. The van der Waals surface area contributed by atoms with Crippen molar-refractivity contribution >= 4 is 5.91 Å². The van der Waals surface area contributed by atoms with Crippen LogP contribution in [-0.4, -0.2) is 59.1 Å². The largest absolute Gasteiger partial charge is 0.416 e. The van der Waals surface area contributed by atoms with Crippen LogP contribution < -0.4 is 0 Å². The van der Waals surface area contributed by atoms with E-state index in [0.29, 0.717) is 43.6 Å². The van der Waals surface area contributed by atoms with E-state index in [-0.39, 0.29) is 31.1 Å². The second-order valence-corrected chi connectivity index (χ2v) is 9.35. The Balaban J connectivity index is 1.65. The molecule has 2 aromatic rings. The molecule has 2 saturated heterocycles. The van der Waals surface area contributed by atoms with Gasteiger partial charge in [-0.25, -0.2) is 4.39 Å². The number of aliphatic hydroxyl groups excluding tert-OH is 1. The first-order valence-electron chi connectivity index (χ1n) is 11.6. The molecule has 1 N–H and O–H groups in total. The Morgan fingerprint density at radius 1 is 0.861 bits per heavy atom. The standard InChI is InChI=1S/C25H25F7N2O2/c26-19-5-3-15(4-6-19)21-14-34(9-7-22(21)33-8-1-2-20(35)13-33)23(36)16-10-17(24(27,28)29)12-18(11-16)25(30,31)32/h3-6,10-12,20-22,35H,1-2,7-9,13-14H2/t20?,21-,22-/m1/s1. The van der Waals surface area contributed by atoms with Crippen molar-refractivity contribution in [2.45, 2.75) is 49.7 Å². The first kappa shape index (κ1) is 26.4. The highest BCUT2D eigenvalue weighted by Gasteiger charge is 2.40. The molecule has 4 nitrogen and oxygen atoms in total. The summed E-state index contributed by atoms with van der Waals surface area (Å²) in [5.74, 6) is -1.77. The highest BCUT2D eigenvalue weighted by atomic mass is 19.4. The Kier molecular flexibility index (Phi) is 7.34. The Labute approximate surface area is 203 Å². The van der Waals surface area contributed by atoms with Crippen molar-refractivity contribution in [1.29, 1.82) is 0 Å². The first-order chi connectivity index (χ1) is 16.8. The second-order valence-electron chi connectivity index (χ2n) is 9.35. The Morgan fingerprint density at radius 2 is 1.47 bits per heavy atom. The summed E-state index contributed by atoms with van der Waals surface area (Å²) in [4.78, 5) is 16.5. The molecule has 196 valence electrons. The molecule has 2 heterocycles. The molecule has 0 saturated carbocycles. The van der Waals surface area contributed by atoms with E-state index in [4.69, 9.17) is 0 Å². The highest BCUT2D eigenvalue weighted by molar-refractivity contribution is 5.95. The minimum atomic E-state index is -5.06. The maximum atomic E-state index is 13.6. The van der Waals surface area contributed by atoms with Gasteiger partial charge in [-0.1, -0.05) is 12.1 Å². The third-order valence-electron chi connectivity index (χ3n) is 6.89. The lowest BCUT2D eigenvalue weighted by molar-refractivity contribution is -0.143. The Bertz CT molecular complexity index is 1050. The van der Waals surface area contributed by atoms with Crippen LogP contribution in [0.15, 0.2) is 42.5 Å². The van der Waals surface area contributed by atoms with Gasteiger partial charge in [-0.05, 0) is 61.7 Å². The number of rotatable bonds is 3. The van der Waals surface area contributed by atoms with Crippen molar-refractivity contribution in [3.8, 4) is 0 Å². The molecule has 0 bridgehead atoms. The van der Waals surface area contributed by atoms with Crippen molar-refractivity contribution in [3.63, 3.8) is 0 Å². The van der Waals surface area contributed by atoms with Crippen LogP contribution in [0.5, 0.6) is 0 Å². The topological polar surface area (TPSA) is 43.8 Å². The minimum Gasteiger partial charge on any atom is -0.392 e. The van der Waals surface area contributed by atoms with Gasteiger partial charge >= 0.3 is 12.4 Å². The van der Waals surface area contributed by atoms with Gasteiger partial charge in [-0.3, -0.25) is 9.69 Å². The van der Waals surface area contributed by atoms with Gasteiger partial charge in [-0.2, -0.15) is 26.3 Å². The molecule has 1 amide bonds. The molecule has 3 atom stereocenters. The summed E-state index contributed by atoms with van der Waals surface area (Å²) in [6, 6.07) is 6.39. The molecule has 36 heavy (non-hydrogen) atoms. The summed E-state index contributed by atoms with van der Waals surface area (Å²) < 4.78 is 93.3. The number of hydrogen-bond donors (Lipinski definition) is 1. The molecule has 2 aliphatic rings. The van der Waals surface area contributed by atoms with E-state index in [1.165, 1.54) is 17.0 Å². The fraction of sp³-hybridized carbons (Fsp3) is 0.480. The van der Waals surface area contributed by atoms with Crippen molar-refractivity contribution in [1.82, 2.24) is 9.80 Å². The van der Waals surface area contributed by atoms with Crippen LogP contribution in [0.2, 0.25) is 0 Å². The minimum absolute atomic E-state index is 0.00794. The number of carbonyl (C=O) groups excluding carboxylic acids is 1. The van der Waals surface area contributed by atoms with Crippen LogP contribution >= 0.6 is 0 Å². The predicted molar refractivity (Wildman–Crippen MR) is 117 cm³/mol. The second kappa shape index (κ2) is 10.0. The van der Waals surface area contributed by atoms with Crippen LogP contribution in [0, 0.1) is 5.82 Å². The van der Waals surface area contributed by atoms with E-state index < -0.39 is 46.9 Å². The molecule has 0 radical (unpaired) electrons. The van der Waals surface area contributed by atoms with Crippen molar-refractivity contribution in [2.24, 2.45) is 0 Å². The van der Waals surface area contributed by atoms with Gasteiger partial charge in [0.05, 0.1) is 17.2 Å². The van der Waals surface area contributed by atoms with E-state index in [1.54, 1.807) is 12.1 Å². The number of likely N-dealkylation sites (tertiary alicyclic amines) is 2. The molecule has 0 aliphatic carbocycles. The van der Waals surface area contributed by atoms with Crippen LogP contribution in [0.3, 0.4) is 0 Å². The summed E-state index contributed by atoms with van der Waals surface area (Å²) >= 11 is 0. The number of benzene rings is 2. The summed E-state index contributed by atoms with van der Waals surface area (Å²) in [7, 11) is 0. The average molecular weight is 518 g/mol. The molecule has 2 aliphatic heterocycles. The van der Waals surface area contributed by atoms with Gasteiger partial charge < -0.3 is 10.0 Å². The molecule has 11 heteroatoms. The zero-order chi connectivity index (χ0) is 26.3. The number of nitrogens with zero attached hydrogens (tertiary/aromatic N) is 2. The lowest BCUT2D eigenvalue weighted by Gasteiger charge is -2.46. The smallest absolute Gasteiger partial charge is 0.392 e. The van der Waals surface area contributed by atoms with E-state index >= 15 is 0 Å². The fourth-order valence-electron chi connectivity index (χ4n) is 5.14. The van der Waals surface area contributed by atoms with Gasteiger partial charge in [0.25, 0.3) is 5.91 Å². The molecule has 0 aromatic heterocycles. The Hall–Kier alpha value is -2.66. The molecule has 1 unspecified atom stereocenters. The number of alkyl halides is 6. The maximum absolute atomic E-state index is 13.6. The van der Waals surface area contributed by atoms with Gasteiger partial charge in [-0.15, -0.1) is 0 Å². The monoisotopic (exact) mass is 518 g/mol. The van der Waals surface area contributed by atoms with Gasteiger partial charge in [0.1, 0.15) is 5.82 Å². The van der Waals surface area contributed by atoms with E-state index in [2.05, 4.69) is 4.90 Å². The summed E-state index contributed by atoms with van der Waals surface area (Å²) in [6.45, 7) is 1.26. The molecular weight excluding hydrogens is 493 g/mol. The number of halogens is 7. The first-order valence-corrected chi connectivity index (χ1v) is 11.6. The number of hydrogen-bond acceptors (Lipinski definition) is 3. The summed E-state index contributed by atoms with van der Waals surface area (Å²) in [6.07, 6.45) is -8.82. The quantitative estimate of drug-likeness (QED) is 0.560. The highest BCUT2D eigenvalue weighted by Crippen LogP contribution is 2.38. The number of amides is 1. The predicted octanol–water partition coefficient (Wildman–Crippen LogP) is 5.32. The Morgan fingerprint density at radius 3 is 2.03 bits per heavy atom. The normalized spacial score (nSPS) is 24.1. The van der Waals surface area contributed by atoms with E-state index in [9.17, 15) is 40.6 Å². The third kappa shape index (κ3) is 5.83. The van der Waals surface area contributed by atoms with Gasteiger partial charge in [0.2, 0.25) is 0 Å². The van der Waals surface area contributed by atoms with Crippen LogP contribution in [0.4, 0.5) is 30.7 Å². The average Bonchev–Trinajstić information content (AvgIpc) is 2.82. The van der Waals surface area contributed by atoms with Crippen molar-refractivity contribution in [3.05, 3.63) is 70.5 Å². The molecule has 0 spiro atoms. The zero-order valence-corrected chi connectivity index (χ0v) is 19.1. The third-order valence-corrected chi connectivity index (χ3v) is 6.89. The van der Waals surface area contributed by atoms with E-state index in [0.717, 1.165) is 6.42 Å². The van der Waals surface area contributed by atoms with Crippen molar-refractivity contribution in [2.75, 3.05) is 26.2 Å². The van der Waals surface area contributed by atoms with Crippen molar-refractivity contribution < 1.29 is 40.6 Å². The number of piperidine rings is 2. The number of aliphatic hydroxyl groups is 1. The SMILES string of the molecule is O=C(c1cc(C(F)(F)F)cc(C(F)(F)F)c1)N1CC[C@@H](N2CCCC(O)C2)[C@@H](c2ccc(F)cc2)C1. The maximum Gasteiger partial charge on any atom is 0.416 e.